The maximum Gasteiger partial charge on any atom is 0.408 e. The zero-order valence-corrected chi connectivity index (χ0v) is 11.4. The highest BCUT2D eigenvalue weighted by Crippen LogP contribution is 2.27. The van der Waals surface area contributed by atoms with Crippen molar-refractivity contribution in [2.45, 2.75) is 57.4 Å². The van der Waals surface area contributed by atoms with Crippen molar-refractivity contribution in [1.82, 2.24) is 10.2 Å². The summed E-state index contributed by atoms with van der Waals surface area (Å²) in [5, 5.41) is 11.7. The Bertz CT molecular complexity index is 327. The first kappa shape index (κ1) is 14.2. The molecule has 1 unspecified atom stereocenters. The van der Waals surface area contributed by atoms with Gasteiger partial charge in [0, 0.05) is 13.1 Å². The second kappa shape index (κ2) is 6.78. The fraction of sp³-hybridized carbons (Fsp3) is 0.857. The van der Waals surface area contributed by atoms with E-state index < -0.39 is 12.1 Å². The van der Waals surface area contributed by atoms with Crippen LogP contribution in [0.1, 0.15) is 51.4 Å². The monoisotopic (exact) mass is 268 g/mol. The molecule has 2 rings (SSSR count). The van der Waals surface area contributed by atoms with Crippen LogP contribution in [0.15, 0.2) is 0 Å². The number of hydrogen-bond donors (Lipinski definition) is 2. The summed E-state index contributed by atoms with van der Waals surface area (Å²) in [4.78, 5) is 23.7. The van der Waals surface area contributed by atoms with Crippen LogP contribution in [-0.2, 0) is 4.79 Å². The molecule has 0 bridgehead atoms. The van der Waals surface area contributed by atoms with Gasteiger partial charge in [-0.05, 0) is 12.3 Å². The molecule has 2 amide bonds. The number of hydrogen-bond acceptors (Lipinski definition) is 2. The predicted octanol–water partition coefficient (Wildman–Crippen LogP) is 2.22. The molecule has 1 saturated carbocycles. The first-order chi connectivity index (χ1) is 9.18. The third-order valence-electron chi connectivity index (χ3n) is 4.38. The molecule has 1 heterocycles. The van der Waals surface area contributed by atoms with E-state index in [0.29, 0.717) is 13.1 Å². The highest BCUT2D eigenvalue weighted by atomic mass is 16.4. The zero-order chi connectivity index (χ0) is 13.7. The Kier molecular flexibility index (Phi) is 5.05. The number of unbranched alkanes of at least 4 members (excludes halogenated alkanes) is 1. The van der Waals surface area contributed by atoms with Crippen molar-refractivity contribution in [3.8, 4) is 0 Å². The lowest BCUT2D eigenvalue weighted by molar-refractivity contribution is -0.132. The van der Waals surface area contributed by atoms with Gasteiger partial charge in [0.05, 0.1) is 0 Å². The smallest absolute Gasteiger partial charge is 0.408 e. The van der Waals surface area contributed by atoms with E-state index >= 15 is 0 Å². The van der Waals surface area contributed by atoms with Gasteiger partial charge in [-0.3, -0.25) is 9.69 Å². The fourth-order valence-corrected chi connectivity index (χ4v) is 3.10. The maximum absolute atomic E-state index is 11.2. The summed E-state index contributed by atoms with van der Waals surface area (Å²) >= 11 is 0. The summed E-state index contributed by atoms with van der Waals surface area (Å²) in [6.45, 7) is 0.952. The Hall–Kier alpha value is -1.26. The number of carbonyl (C=O) groups excluding carboxylic acids is 1. The maximum atomic E-state index is 11.2. The lowest BCUT2D eigenvalue weighted by Crippen LogP contribution is -2.63. The Labute approximate surface area is 114 Å². The van der Waals surface area contributed by atoms with Gasteiger partial charge >= 0.3 is 6.09 Å². The molecule has 1 aliphatic heterocycles. The number of carbonyl (C=O) groups is 2. The molecule has 0 aromatic rings. The Balaban J connectivity index is 1.64. The number of amides is 2. The Morgan fingerprint density at radius 3 is 2.53 bits per heavy atom. The van der Waals surface area contributed by atoms with Crippen molar-refractivity contribution in [2.75, 3.05) is 13.1 Å². The van der Waals surface area contributed by atoms with E-state index in [-0.39, 0.29) is 5.91 Å². The van der Waals surface area contributed by atoms with Crippen LogP contribution in [0.2, 0.25) is 0 Å². The zero-order valence-electron chi connectivity index (χ0n) is 11.4. The van der Waals surface area contributed by atoms with Gasteiger partial charge < -0.3 is 10.4 Å². The van der Waals surface area contributed by atoms with Gasteiger partial charge in [0.2, 0.25) is 5.91 Å². The average molecular weight is 268 g/mol. The second-order valence-electron chi connectivity index (χ2n) is 5.74. The van der Waals surface area contributed by atoms with Crippen molar-refractivity contribution in [3.05, 3.63) is 0 Å². The molecule has 5 nitrogen and oxygen atoms in total. The van der Waals surface area contributed by atoms with Gasteiger partial charge in [0.1, 0.15) is 6.04 Å². The highest BCUT2D eigenvalue weighted by molar-refractivity contribution is 5.90. The van der Waals surface area contributed by atoms with Gasteiger partial charge in [-0.15, -0.1) is 0 Å². The highest BCUT2D eigenvalue weighted by Gasteiger charge is 2.36. The lowest BCUT2D eigenvalue weighted by atomic mass is 9.86. The minimum atomic E-state index is -0.975. The molecule has 0 aromatic heterocycles. The van der Waals surface area contributed by atoms with Gasteiger partial charge in [-0.2, -0.15) is 0 Å². The summed E-state index contributed by atoms with van der Waals surface area (Å²) < 4.78 is 0. The van der Waals surface area contributed by atoms with Crippen molar-refractivity contribution in [1.29, 1.82) is 0 Å². The number of rotatable bonds is 6. The Morgan fingerprint density at radius 1 is 1.26 bits per heavy atom. The molecule has 2 aliphatic rings. The molecular weight excluding hydrogens is 244 g/mol. The van der Waals surface area contributed by atoms with Crippen molar-refractivity contribution in [2.24, 2.45) is 5.92 Å². The van der Waals surface area contributed by atoms with Crippen molar-refractivity contribution in [3.63, 3.8) is 0 Å². The fourth-order valence-electron chi connectivity index (χ4n) is 3.10. The van der Waals surface area contributed by atoms with E-state index in [1.807, 2.05) is 0 Å². The number of β-lactam (4-membered cyclic amide) rings is 1. The standard InChI is InChI=1S/C14H24N2O3/c17-13-12(10-15-13)16(14(18)19)9-5-4-8-11-6-2-1-3-7-11/h11-12H,1-10H2,(H,15,17)(H,18,19). The van der Waals surface area contributed by atoms with Crippen LogP contribution < -0.4 is 5.32 Å². The molecule has 1 aliphatic carbocycles. The molecule has 0 spiro atoms. The lowest BCUT2D eigenvalue weighted by Gasteiger charge is -2.35. The first-order valence-electron chi connectivity index (χ1n) is 7.46. The van der Waals surface area contributed by atoms with Gasteiger partial charge in [0.15, 0.2) is 0 Å². The SMILES string of the molecule is O=C1NCC1N(CCCCC1CCCCC1)C(=O)O. The molecular formula is C14H24N2O3. The van der Waals surface area contributed by atoms with Crippen molar-refractivity contribution < 1.29 is 14.7 Å². The summed E-state index contributed by atoms with van der Waals surface area (Å²) in [5.74, 6) is 0.689. The van der Waals surface area contributed by atoms with E-state index in [1.165, 1.54) is 43.4 Å². The van der Waals surface area contributed by atoms with Crippen LogP contribution in [0.3, 0.4) is 0 Å². The first-order valence-corrected chi connectivity index (χ1v) is 7.46. The number of nitrogens with zero attached hydrogens (tertiary/aromatic N) is 1. The summed E-state index contributed by atoms with van der Waals surface area (Å²) in [6, 6.07) is -0.452. The molecule has 0 aromatic carbocycles. The third kappa shape index (κ3) is 3.85. The summed E-state index contributed by atoms with van der Waals surface area (Å²) in [7, 11) is 0. The van der Waals surface area contributed by atoms with Gasteiger partial charge in [-0.25, -0.2) is 4.79 Å². The molecule has 1 atom stereocenters. The van der Waals surface area contributed by atoms with E-state index in [1.54, 1.807) is 0 Å². The molecule has 5 heteroatoms. The molecule has 0 radical (unpaired) electrons. The quantitative estimate of drug-likeness (QED) is 0.573. The van der Waals surface area contributed by atoms with Crippen LogP contribution >= 0.6 is 0 Å². The Morgan fingerprint density at radius 2 is 2.00 bits per heavy atom. The number of nitrogens with one attached hydrogen (secondary N) is 1. The van der Waals surface area contributed by atoms with Crippen LogP contribution in [0.4, 0.5) is 4.79 Å². The predicted molar refractivity (Wildman–Crippen MR) is 72.0 cm³/mol. The van der Waals surface area contributed by atoms with Gasteiger partial charge in [0.25, 0.3) is 0 Å². The average Bonchev–Trinajstić information content (AvgIpc) is 2.41. The minimum absolute atomic E-state index is 0.158. The van der Waals surface area contributed by atoms with E-state index in [4.69, 9.17) is 5.11 Å². The topological polar surface area (TPSA) is 69.6 Å². The summed E-state index contributed by atoms with van der Waals surface area (Å²) in [5.41, 5.74) is 0. The normalized spacial score (nSPS) is 23.6. The second-order valence-corrected chi connectivity index (χ2v) is 5.74. The number of carboxylic acid groups (broad SMARTS) is 1. The van der Waals surface area contributed by atoms with E-state index in [2.05, 4.69) is 5.32 Å². The molecule has 2 N–H and O–H groups in total. The van der Waals surface area contributed by atoms with Crippen LogP contribution in [0.25, 0.3) is 0 Å². The van der Waals surface area contributed by atoms with E-state index in [0.717, 1.165) is 18.8 Å². The third-order valence-corrected chi connectivity index (χ3v) is 4.38. The largest absolute Gasteiger partial charge is 0.465 e. The molecule has 2 fully saturated rings. The van der Waals surface area contributed by atoms with Gasteiger partial charge in [-0.1, -0.05) is 44.9 Å². The summed E-state index contributed by atoms with van der Waals surface area (Å²) in [6.07, 6.45) is 8.95. The van der Waals surface area contributed by atoms with Crippen LogP contribution in [0.5, 0.6) is 0 Å². The van der Waals surface area contributed by atoms with Crippen molar-refractivity contribution >= 4 is 12.0 Å². The van der Waals surface area contributed by atoms with Crippen LogP contribution in [-0.4, -0.2) is 41.1 Å². The van der Waals surface area contributed by atoms with Crippen LogP contribution in [0, 0.1) is 5.92 Å². The molecule has 108 valence electrons. The molecule has 1 saturated heterocycles. The minimum Gasteiger partial charge on any atom is -0.465 e. The molecule has 19 heavy (non-hydrogen) atoms. The van der Waals surface area contributed by atoms with E-state index in [9.17, 15) is 9.59 Å².